The van der Waals surface area contributed by atoms with Crippen LogP contribution in [-0.4, -0.2) is 44.2 Å². The number of esters is 1. The number of piperazine rings is 1. The first-order chi connectivity index (χ1) is 12.1. The summed E-state index contributed by atoms with van der Waals surface area (Å²) in [5.41, 5.74) is 5.60. The number of benzene rings is 2. The Morgan fingerprint density at radius 1 is 1.20 bits per heavy atom. The lowest BCUT2D eigenvalue weighted by atomic mass is 9.80. The van der Waals surface area contributed by atoms with E-state index >= 15 is 0 Å². The van der Waals surface area contributed by atoms with Gasteiger partial charge in [0.15, 0.2) is 5.54 Å². The lowest BCUT2D eigenvalue weighted by Gasteiger charge is -2.44. The maximum absolute atomic E-state index is 15.0. The lowest BCUT2D eigenvalue weighted by molar-refractivity contribution is -0.154. The minimum absolute atomic E-state index is 0.252. The SMILES string of the molecule is COC(=O)C(c1ccccc1)(c1ccc(N)cc1F)N1CCNCC1. The molecule has 132 valence electrons. The zero-order chi connectivity index (χ0) is 17.9. The Kier molecular flexibility index (Phi) is 5.01. The summed E-state index contributed by atoms with van der Waals surface area (Å²) in [6, 6.07) is 13.6. The Hall–Kier alpha value is -2.44. The van der Waals surface area contributed by atoms with Gasteiger partial charge in [-0.15, -0.1) is 0 Å². The first-order valence-electron chi connectivity index (χ1n) is 8.26. The molecule has 3 rings (SSSR count). The minimum Gasteiger partial charge on any atom is -0.467 e. The van der Waals surface area contributed by atoms with E-state index in [1.807, 2.05) is 35.2 Å². The van der Waals surface area contributed by atoms with E-state index in [4.69, 9.17) is 10.5 Å². The van der Waals surface area contributed by atoms with Gasteiger partial charge in [-0.05, 0) is 17.7 Å². The third-order valence-corrected chi connectivity index (χ3v) is 4.65. The van der Waals surface area contributed by atoms with Crippen molar-refractivity contribution in [1.29, 1.82) is 0 Å². The molecule has 1 heterocycles. The third kappa shape index (κ3) is 2.99. The van der Waals surface area contributed by atoms with Crippen LogP contribution in [0.5, 0.6) is 0 Å². The Labute approximate surface area is 146 Å². The number of nitrogens with two attached hydrogens (primary N) is 1. The highest BCUT2D eigenvalue weighted by atomic mass is 19.1. The van der Waals surface area contributed by atoms with E-state index in [9.17, 15) is 9.18 Å². The van der Waals surface area contributed by atoms with E-state index in [0.29, 0.717) is 37.4 Å². The van der Waals surface area contributed by atoms with Crippen LogP contribution in [-0.2, 0) is 15.1 Å². The van der Waals surface area contributed by atoms with Gasteiger partial charge in [-0.2, -0.15) is 0 Å². The molecule has 0 spiro atoms. The number of carbonyl (C=O) groups excluding carboxylic acids is 1. The molecular weight excluding hydrogens is 321 g/mol. The monoisotopic (exact) mass is 343 g/mol. The van der Waals surface area contributed by atoms with Crippen molar-refractivity contribution in [2.24, 2.45) is 0 Å². The van der Waals surface area contributed by atoms with Gasteiger partial charge in [0.2, 0.25) is 0 Å². The quantitative estimate of drug-likeness (QED) is 0.654. The fraction of sp³-hybridized carbons (Fsp3) is 0.316. The molecule has 2 aromatic rings. The van der Waals surface area contributed by atoms with Crippen LogP contribution in [0.3, 0.4) is 0 Å². The van der Waals surface area contributed by atoms with Crippen molar-refractivity contribution in [2.45, 2.75) is 5.54 Å². The molecular formula is C19H22FN3O2. The van der Waals surface area contributed by atoms with Crippen LogP contribution in [0.1, 0.15) is 11.1 Å². The van der Waals surface area contributed by atoms with Crippen LogP contribution in [0.2, 0.25) is 0 Å². The number of rotatable bonds is 4. The molecule has 1 saturated heterocycles. The molecule has 1 unspecified atom stereocenters. The number of nitrogens with one attached hydrogen (secondary N) is 1. The van der Waals surface area contributed by atoms with Crippen molar-refractivity contribution in [3.63, 3.8) is 0 Å². The number of ether oxygens (including phenoxy) is 1. The molecule has 0 radical (unpaired) electrons. The average molecular weight is 343 g/mol. The fourth-order valence-corrected chi connectivity index (χ4v) is 3.52. The molecule has 0 bridgehead atoms. The summed E-state index contributed by atoms with van der Waals surface area (Å²) in [4.78, 5) is 15.1. The summed E-state index contributed by atoms with van der Waals surface area (Å²) in [7, 11) is 1.33. The van der Waals surface area contributed by atoms with Crippen LogP contribution < -0.4 is 11.1 Å². The molecule has 0 aromatic heterocycles. The maximum atomic E-state index is 15.0. The van der Waals surface area contributed by atoms with Crippen LogP contribution >= 0.6 is 0 Å². The van der Waals surface area contributed by atoms with Gasteiger partial charge >= 0.3 is 5.97 Å². The van der Waals surface area contributed by atoms with Crippen LogP contribution in [0.25, 0.3) is 0 Å². The number of methoxy groups -OCH3 is 1. The molecule has 1 fully saturated rings. The Morgan fingerprint density at radius 2 is 1.88 bits per heavy atom. The van der Waals surface area contributed by atoms with E-state index in [2.05, 4.69) is 5.32 Å². The number of anilines is 1. The van der Waals surface area contributed by atoms with E-state index in [0.717, 1.165) is 0 Å². The molecule has 0 amide bonds. The second-order valence-electron chi connectivity index (χ2n) is 6.04. The first-order valence-corrected chi connectivity index (χ1v) is 8.26. The van der Waals surface area contributed by atoms with Gasteiger partial charge in [0, 0.05) is 37.4 Å². The number of hydrogen-bond acceptors (Lipinski definition) is 5. The largest absolute Gasteiger partial charge is 0.467 e. The van der Waals surface area contributed by atoms with Crippen molar-refractivity contribution in [3.8, 4) is 0 Å². The smallest absolute Gasteiger partial charge is 0.335 e. The highest BCUT2D eigenvalue weighted by Gasteiger charge is 2.50. The summed E-state index contributed by atoms with van der Waals surface area (Å²) >= 11 is 0. The Morgan fingerprint density at radius 3 is 2.48 bits per heavy atom. The average Bonchev–Trinajstić information content (AvgIpc) is 2.65. The maximum Gasteiger partial charge on any atom is 0.335 e. The lowest BCUT2D eigenvalue weighted by Crippen LogP contribution is -2.59. The number of nitrogen functional groups attached to an aromatic ring is 1. The fourth-order valence-electron chi connectivity index (χ4n) is 3.52. The van der Waals surface area contributed by atoms with Crippen LogP contribution in [0, 0.1) is 5.82 Å². The number of nitrogens with zero attached hydrogens (tertiary/aromatic N) is 1. The molecule has 25 heavy (non-hydrogen) atoms. The Balaban J connectivity index is 2.29. The predicted octanol–water partition coefficient (Wildman–Crippen LogP) is 1.73. The molecule has 6 heteroatoms. The zero-order valence-electron chi connectivity index (χ0n) is 14.2. The van der Waals surface area contributed by atoms with E-state index < -0.39 is 17.3 Å². The van der Waals surface area contributed by atoms with Crippen LogP contribution in [0.4, 0.5) is 10.1 Å². The third-order valence-electron chi connectivity index (χ3n) is 4.65. The highest BCUT2D eigenvalue weighted by Crippen LogP contribution is 2.39. The minimum atomic E-state index is -1.35. The standard InChI is InChI=1S/C19H22FN3O2/c1-25-18(24)19(14-5-3-2-4-6-14,23-11-9-22-10-12-23)16-8-7-15(21)13-17(16)20/h2-8,13,22H,9-12,21H2,1H3. The van der Waals surface area contributed by atoms with Gasteiger partial charge in [-0.25, -0.2) is 9.18 Å². The predicted molar refractivity (Wildman–Crippen MR) is 94.5 cm³/mol. The van der Waals surface area contributed by atoms with Gasteiger partial charge < -0.3 is 15.8 Å². The molecule has 2 aromatic carbocycles. The van der Waals surface area contributed by atoms with Crippen molar-refractivity contribution in [3.05, 3.63) is 65.5 Å². The Bertz CT molecular complexity index is 748. The zero-order valence-corrected chi connectivity index (χ0v) is 14.2. The summed E-state index contributed by atoms with van der Waals surface area (Å²) in [5, 5.41) is 3.26. The number of carbonyl (C=O) groups is 1. The summed E-state index contributed by atoms with van der Waals surface area (Å²) < 4.78 is 20.1. The topological polar surface area (TPSA) is 67.6 Å². The molecule has 1 atom stereocenters. The van der Waals surface area contributed by atoms with Crippen molar-refractivity contribution < 1.29 is 13.9 Å². The van der Waals surface area contributed by atoms with Crippen molar-refractivity contribution in [1.82, 2.24) is 10.2 Å². The van der Waals surface area contributed by atoms with E-state index in [-0.39, 0.29) is 5.56 Å². The van der Waals surface area contributed by atoms with Crippen molar-refractivity contribution >= 4 is 11.7 Å². The number of halogens is 1. The van der Waals surface area contributed by atoms with Gasteiger partial charge in [0.1, 0.15) is 5.82 Å². The number of hydrogen-bond donors (Lipinski definition) is 2. The normalized spacial score (nSPS) is 17.7. The van der Waals surface area contributed by atoms with Gasteiger partial charge in [0.05, 0.1) is 7.11 Å². The first kappa shape index (κ1) is 17.4. The van der Waals surface area contributed by atoms with E-state index in [1.165, 1.54) is 13.2 Å². The molecule has 3 N–H and O–H groups in total. The van der Waals surface area contributed by atoms with Crippen molar-refractivity contribution in [2.75, 3.05) is 39.0 Å². The molecule has 0 aliphatic carbocycles. The van der Waals surface area contributed by atoms with Crippen LogP contribution in [0.15, 0.2) is 48.5 Å². The second-order valence-corrected chi connectivity index (χ2v) is 6.04. The van der Waals surface area contributed by atoms with E-state index in [1.54, 1.807) is 12.1 Å². The van der Waals surface area contributed by atoms with Gasteiger partial charge in [-0.3, -0.25) is 4.90 Å². The van der Waals surface area contributed by atoms with Gasteiger partial charge in [-0.1, -0.05) is 36.4 Å². The second kappa shape index (κ2) is 7.21. The molecule has 1 aliphatic heterocycles. The highest BCUT2D eigenvalue weighted by molar-refractivity contribution is 5.87. The molecule has 1 aliphatic rings. The molecule has 5 nitrogen and oxygen atoms in total. The summed E-state index contributed by atoms with van der Waals surface area (Å²) in [6.45, 7) is 2.60. The summed E-state index contributed by atoms with van der Waals surface area (Å²) in [5.74, 6) is -1.03. The molecule has 0 saturated carbocycles. The summed E-state index contributed by atoms with van der Waals surface area (Å²) in [6.07, 6.45) is 0. The van der Waals surface area contributed by atoms with Gasteiger partial charge in [0.25, 0.3) is 0 Å².